The third kappa shape index (κ3) is 2.95. The number of rotatable bonds is 3. The zero-order chi connectivity index (χ0) is 13.8. The maximum atomic E-state index is 12.8. The molecule has 19 heavy (non-hydrogen) atoms. The van der Waals surface area contributed by atoms with E-state index in [9.17, 15) is 14.3 Å². The number of aliphatic hydroxyl groups is 1. The molecule has 2 rings (SSSR count). The van der Waals surface area contributed by atoms with Crippen molar-refractivity contribution in [1.82, 2.24) is 4.98 Å². The van der Waals surface area contributed by atoms with Crippen molar-refractivity contribution in [2.75, 3.05) is 7.11 Å². The summed E-state index contributed by atoms with van der Waals surface area (Å²) < 4.78 is 17.4. The topological polar surface area (TPSA) is 59.4 Å². The lowest BCUT2D eigenvalue weighted by molar-refractivity contribution is 0.0593. The average molecular weight is 261 g/mol. The van der Waals surface area contributed by atoms with Crippen LogP contribution in [0, 0.1) is 5.82 Å². The molecule has 0 saturated carbocycles. The Labute approximate surface area is 109 Å². The zero-order valence-electron chi connectivity index (χ0n) is 10.2. The molecule has 1 N–H and O–H groups in total. The summed E-state index contributed by atoms with van der Waals surface area (Å²) in [6.07, 6.45) is -1.02. The summed E-state index contributed by atoms with van der Waals surface area (Å²) in [6.45, 7) is 0. The number of hydrogen-bond acceptors (Lipinski definition) is 4. The number of pyridine rings is 1. The summed E-state index contributed by atoms with van der Waals surface area (Å²) in [4.78, 5) is 15.4. The predicted molar refractivity (Wildman–Crippen MR) is 66.0 cm³/mol. The van der Waals surface area contributed by atoms with Crippen LogP contribution < -0.4 is 0 Å². The Morgan fingerprint density at radius 2 is 1.95 bits per heavy atom. The van der Waals surface area contributed by atoms with Crippen LogP contribution >= 0.6 is 0 Å². The molecule has 2 aromatic rings. The number of carbonyl (C=O) groups is 1. The molecule has 0 aliphatic carbocycles. The normalized spacial score (nSPS) is 11.9. The maximum absolute atomic E-state index is 12.8. The van der Waals surface area contributed by atoms with Gasteiger partial charge in [0.05, 0.1) is 12.8 Å². The van der Waals surface area contributed by atoms with Gasteiger partial charge in [0, 0.05) is 0 Å². The minimum Gasteiger partial charge on any atom is -0.464 e. The number of aliphatic hydroxyl groups excluding tert-OH is 1. The Kier molecular flexibility index (Phi) is 3.87. The minimum absolute atomic E-state index is 0.112. The molecule has 1 heterocycles. The molecule has 1 atom stereocenters. The van der Waals surface area contributed by atoms with E-state index in [0.717, 1.165) is 0 Å². The highest BCUT2D eigenvalue weighted by Crippen LogP contribution is 2.20. The summed E-state index contributed by atoms with van der Waals surface area (Å²) in [5.41, 5.74) is 0.909. The van der Waals surface area contributed by atoms with Gasteiger partial charge in [0.1, 0.15) is 17.6 Å². The van der Waals surface area contributed by atoms with Crippen molar-refractivity contribution in [1.29, 1.82) is 0 Å². The van der Waals surface area contributed by atoms with Gasteiger partial charge in [-0.05, 0) is 29.8 Å². The summed E-state index contributed by atoms with van der Waals surface area (Å²) in [7, 11) is 1.26. The Morgan fingerprint density at radius 3 is 2.58 bits per heavy atom. The third-order valence-electron chi connectivity index (χ3n) is 2.63. The molecule has 0 spiro atoms. The zero-order valence-corrected chi connectivity index (χ0v) is 10.2. The Bertz CT molecular complexity index is 583. The minimum atomic E-state index is -1.02. The van der Waals surface area contributed by atoms with Crippen molar-refractivity contribution < 1.29 is 19.0 Å². The number of benzene rings is 1. The molecule has 1 aromatic heterocycles. The molecule has 0 fully saturated rings. The molecule has 98 valence electrons. The van der Waals surface area contributed by atoms with Gasteiger partial charge in [-0.25, -0.2) is 14.2 Å². The molecule has 0 amide bonds. The van der Waals surface area contributed by atoms with Crippen molar-refractivity contribution in [2.45, 2.75) is 6.10 Å². The van der Waals surface area contributed by atoms with E-state index in [4.69, 9.17) is 0 Å². The fourth-order valence-corrected chi connectivity index (χ4v) is 1.64. The molecule has 4 nitrogen and oxygen atoms in total. The highest BCUT2D eigenvalue weighted by atomic mass is 19.1. The number of aromatic nitrogens is 1. The summed E-state index contributed by atoms with van der Waals surface area (Å²) in [5.74, 6) is -0.958. The van der Waals surface area contributed by atoms with Crippen molar-refractivity contribution in [3.8, 4) is 0 Å². The monoisotopic (exact) mass is 261 g/mol. The fraction of sp³-hybridized carbons (Fsp3) is 0.143. The van der Waals surface area contributed by atoms with Gasteiger partial charge >= 0.3 is 5.97 Å². The molecular weight excluding hydrogens is 249 g/mol. The van der Waals surface area contributed by atoms with Crippen LogP contribution in [0.5, 0.6) is 0 Å². The molecule has 0 saturated heterocycles. The third-order valence-corrected chi connectivity index (χ3v) is 2.63. The highest BCUT2D eigenvalue weighted by molar-refractivity contribution is 5.87. The Hall–Kier alpha value is -2.27. The second-order valence-electron chi connectivity index (χ2n) is 3.89. The first kappa shape index (κ1) is 13.2. The van der Waals surface area contributed by atoms with Crippen LogP contribution in [0.1, 0.15) is 27.8 Å². The van der Waals surface area contributed by atoms with Crippen LogP contribution in [0.2, 0.25) is 0 Å². The van der Waals surface area contributed by atoms with Crippen LogP contribution in [0.4, 0.5) is 4.39 Å². The first-order valence-electron chi connectivity index (χ1n) is 5.60. The molecule has 0 aliphatic heterocycles. The van der Waals surface area contributed by atoms with Gasteiger partial charge < -0.3 is 9.84 Å². The van der Waals surface area contributed by atoms with Crippen molar-refractivity contribution >= 4 is 5.97 Å². The van der Waals surface area contributed by atoms with Gasteiger partial charge in [-0.15, -0.1) is 0 Å². The van der Waals surface area contributed by atoms with E-state index in [1.807, 2.05) is 0 Å². The number of methoxy groups -OCH3 is 1. The van der Waals surface area contributed by atoms with Crippen LogP contribution in [0.3, 0.4) is 0 Å². The van der Waals surface area contributed by atoms with E-state index < -0.39 is 12.1 Å². The van der Waals surface area contributed by atoms with Gasteiger partial charge in [-0.3, -0.25) is 0 Å². The quantitative estimate of drug-likeness (QED) is 0.859. The molecule has 0 radical (unpaired) electrons. The number of nitrogens with zero attached hydrogens (tertiary/aromatic N) is 1. The number of halogens is 1. The number of hydrogen-bond donors (Lipinski definition) is 1. The number of esters is 1. The molecule has 1 unspecified atom stereocenters. The van der Waals surface area contributed by atoms with Crippen molar-refractivity contribution in [2.24, 2.45) is 0 Å². The Morgan fingerprint density at radius 1 is 1.26 bits per heavy atom. The van der Waals surface area contributed by atoms with Gasteiger partial charge in [0.25, 0.3) is 0 Å². The second-order valence-corrected chi connectivity index (χ2v) is 3.89. The first-order chi connectivity index (χ1) is 9.11. The predicted octanol–water partition coefficient (Wildman–Crippen LogP) is 2.09. The van der Waals surface area contributed by atoms with Crippen molar-refractivity contribution in [3.05, 3.63) is 65.2 Å². The van der Waals surface area contributed by atoms with E-state index in [1.165, 1.54) is 37.4 Å². The lowest BCUT2D eigenvalue weighted by atomic mass is 10.1. The van der Waals surface area contributed by atoms with E-state index in [2.05, 4.69) is 9.72 Å². The fourth-order valence-electron chi connectivity index (χ4n) is 1.64. The van der Waals surface area contributed by atoms with Gasteiger partial charge in [-0.2, -0.15) is 0 Å². The van der Waals surface area contributed by atoms with E-state index >= 15 is 0 Å². The smallest absolute Gasteiger partial charge is 0.356 e. The summed E-state index contributed by atoms with van der Waals surface area (Å²) in [6, 6.07) is 10.1. The Balaban J connectivity index is 2.31. The highest BCUT2D eigenvalue weighted by Gasteiger charge is 2.15. The van der Waals surface area contributed by atoms with Crippen LogP contribution in [-0.2, 0) is 4.74 Å². The maximum Gasteiger partial charge on any atom is 0.356 e. The van der Waals surface area contributed by atoms with Crippen LogP contribution in [0.25, 0.3) is 0 Å². The lowest BCUT2D eigenvalue weighted by Gasteiger charge is -2.11. The summed E-state index contributed by atoms with van der Waals surface area (Å²) >= 11 is 0. The van der Waals surface area contributed by atoms with Crippen LogP contribution in [0.15, 0.2) is 42.5 Å². The van der Waals surface area contributed by atoms with Gasteiger partial charge in [0.2, 0.25) is 0 Å². The molecule has 1 aromatic carbocycles. The van der Waals surface area contributed by atoms with E-state index in [1.54, 1.807) is 12.1 Å². The molecule has 5 heteroatoms. The number of carbonyl (C=O) groups excluding carboxylic acids is 1. The first-order valence-corrected chi connectivity index (χ1v) is 5.60. The average Bonchev–Trinajstić information content (AvgIpc) is 2.46. The molecular formula is C14H12FNO3. The second kappa shape index (κ2) is 5.58. The van der Waals surface area contributed by atoms with Gasteiger partial charge in [-0.1, -0.05) is 18.2 Å². The molecule has 0 bridgehead atoms. The SMILES string of the molecule is COC(=O)c1cccc(C(O)c2ccc(F)cc2)n1. The number of ether oxygens (including phenoxy) is 1. The van der Waals surface area contributed by atoms with Gasteiger partial charge in [0.15, 0.2) is 0 Å². The van der Waals surface area contributed by atoms with E-state index in [0.29, 0.717) is 11.3 Å². The largest absolute Gasteiger partial charge is 0.464 e. The standard InChI is InChI=1S/C14H12FNO3/c1-19-14(18)12-4-2-3-11(16-12)13(17)9-5-7-10(15)8-6-9/h2-8,13,17H,1H3. The molecule has 0 aliphatic rings. The summed E-state index contributed by atoms with van der Waals surface area (Å²) in [5, 5.41) is 10.1. The lowest BCUT2D eigenvalue weighted by Crippen LogP contribution is -2.09. The van der Waals surface area contributed by atoms with Crippen molar-refractivity contribution in [3.63, 3.8) is 0 Å². The van der Waals surface area contributed by atoms with Crippen LogP contribution in [-0.4, -0.2) is 23.2 Å². The van der Waals surface area contributed by atoms with E-state index in [-0.39, 0.29) is 11.5 Å².